The van der Waals surface area contributed by atoms with Crippen molar-refractivity contribution in [2.24, 2.45) is 5.73 Å². The first-order valence-corrected chi connectivity index (χ1v) is 10.2. The molecule has 7 nitrogen and oxygen atoms in total. The van der Waals surface area contributed by atoms with Crippen LogP contribution in [0.15, 0.2) is 30.3 Å². The zero-order valence-electron chi connectivity index (χ0n) is 16.1. The first kappa shape index (κ1) is 17.8. The van der Waals surface area contributed by atoms with Crippen LogP contribution < -0.4 is 16.0 Å². The van der Waals surface area contributed by atoms with Crippen LogP contribution in [0.1, 0.15) is 46.9 Å². The topological polar surface area (TPSA) is 85.4 Å². The number of carbonyl (C=O) groups is 1. The van der Waals surface area contributed by atoms with Crippen molar-refractivity contribution in [3.05, 3.63) is 47.3 Å². The second kappa shape index (κ2) is 6.99. The van der Waals surface area contributed by atoms with Crippen LogP contribution in [0.25, 0.3) is 0 Å². The summed E-state index contributed by atoms with van der Waals surface area (Å²) in [6.07, 6.45) is 2.84. The summed E-state index contributed by atoms with van der Waals surface area (Å²) in [6.45, 7) is 4.47. The fourth-order valence-corrected chi connectivity index (χ4v) is 4.82. The van der Waals surface area contributed by atoms with Crippen LogP contribution in [0.5, 0.6) is 0 Å². The maximum absolute atomic E-state index is 13.3. The number of nitrogens with zero attached hydrogens (tertiary/aromatic N) is 3. The van der Waals surface area contributed by atoms with E-state index >= 15 is 0 Å². The van der Waals surface area contributed by atoms with Gasteiger partial charge in [-0.25, -0.2) is 0 Å². The smallest absolute Gasteiger partial charge is 0.278 e. The number of fused-ring (bicyclic) bond motifs is 2. The second-order valence-corrected chi connectivity index (χ2v) is 8.15. The molecule has 5 rings (SSSR count). The summed E-state index contributed by atoms with van der Waals surface area (Å²) in [4.78, 5) is 15.2. The summed E-state index contributed by atoms with van der Waals surface area (Å²) in [5, 5.41) is 8.07. The van der Waals surface area contributed by atoms with Crippen LogP contribution in [-0.2, 0) is 17.9 Å². The molecule has 0 aliphatic carbocycles. The third-order valence-electron chi connectivity index (χ3n) is 6.39. The SMILES string of the molecule is NCCC1CN(C(=O)c2cc3n(n2)CC2(CCNCC2)OC3)c2ccccc21. The molecule has 0 radical (unpaired) electrons. The highest BCUT2D eigenvalue weighted by atomic mass is 16.5. The van der Waals surface area contributed by atoms with E-state index in [4.69, 9.17) is 10.5 Å². The number of anilines is 1. The van der Waals surface area contributed by atoms with Crippen LogP contribution in [-0.4, -0.2) is 47.5 Å². The normalized spacial score (nSPS) is 22.9. The summed E-state index contributed by atoms with van der Waals surface area (Å²) in [5.74, 6) is 0.261. The zero-order chi connectivity index (χ0) is 19.1. The Hall–Kier alpha value is -2.22. The van der Waals surface area contributed by atoms with Gasteiger partial charge in [0.1, 0.15) is 0 Å². The Morgan fingerprint density at radius 3 is 2.96 bits per heavy atom. The van der Waals surface area contributed by atoms with Gasteiger partial charge in [0.15, 0.2) is 5.69 Å². The Balaban J connectivity index is 1.40. The molecule has 1 amide bonds. The minimum Gasteiger partial charge on any atom is -0.367 e. The van der Waals surface area contributed by atoms with E-state index in [1.165, 1.54) is 5.56 Å². The molecule has 3 aliphatic heterocycles. The number of hydrogen-bond donors (Lipinski definition) is 2. The lowest BCUT2D eigenvalue weighted by atomic mass is 9.91. The molecule has 0 saturated carbocycles. The van der Waals surface area contributed by atoms with Crippen molar-refractivity contribution in [3.8, 4) is 0 Å². The molecule has 2 aromatic rings. The summed E-state index contributed by atoms with van der Waals surface area (Å²) in [6, 6.07) is 10.0. The summed E-state index contributed by atoms with van der Waals surface area (Å²) in [7, 11) is 0. The number of ether oxygens (including phenoxy) is 1. The lowest BCUT2D eigenvalue weighted by Crippen LogP contribution is -2.49. The third kappa shape index (κ3) is 2.94. The monoisotopic (exact) mass is 381 g/mol. The van der Waals surface area contributed by atoms with Crippen LogP contribution in [0.3, 0.4) is 0 Å². The van der Waals surface area contributed by atoms with Gasteiger partial charge in [-0.15, -0.1) is 0 Å². The van der Waals surface area contributed by atoms with Crippen LogP contribution >= 0.6 is 0 Å². The van der Waals surface area contributed by atoms with Crippen molar-refractivity contribution in [1.29, 1.82) is 0 Å². The van der Waals surface area contributed by atoms with Crippen LogP contribution in [0.4, 0.5) is 5.69 Å². The lowest BCUT2D eigenvalue weighted by molar-refractivity contribution is -0.109. The molecule has 1 fully saturated rings. The minimum atomic E-state index is -0.142. The molecule has 3 N–H and O–H groups in total. The van der Waals surface area contributed by atoms with Crippen molar-refractivity contribution in [3.63, 3.8) is 0 Å². The van der Waals surface area contributed by atoms with Gasteiger partial charge in [-0.2, -0.15) is 5.10 Å². The van der Waals surface area contributed by atoms with E-state index in [-0.39, 0.29) is 11.5 Å². The van der Waals surface area contributed by atoms with Crippen molar-refractivity contribution >= 4 is 11.6 Å². The quantitative estimate of drug-likeness (QED) is 0.844. The fourth-order valence-electron chi connectivity index (χ4n) is 4.82. The van der Waals surface area contributed by atoms with Gasteiger partial charge in [-0.05, 0) is 56.6 Å². The van der Waals surface area contributed by atoms with E-state index < -0.39 is 0 Å². The molecular formula is C21H27N5O2. The maximum atomic E-state index is 13.3. The molecule has 1 aromatic carbocycles. The van der Waals surface area contributed by atoms with Crippen molar-refractivity contribution < 1.29 is 9.53 Å². The van der Waals surface area contributed by atoms with E-state index in [0.717, 1.165) is 50.3 Å². The number of rotatable bonds is 3. The molecule has 148 valence electrons. The summed E-state index contributed by atoms with van der Waals surface area (Å²) in [5.41, 5.74) is 9.34. The highest BCUT2D eigenvalue weighted by Crippen LogP contribution is 2.38. The minimum absolute atomic E-state index is 0.0340. The van der Waals surface area contributed by atoms with Gasteiger partial charge in [0, 0.05) is 18.2 Å². The van der Waals surface area contributed by atoms with E-state index in [1.807, 2.05) is 33.8 Å². The summed E-state index contributed by atoms with van der Waals surface area (Å²) >= 11 is 0. The van der Waals surface area contributed by atoms with E-state index in [9.17, 15) is 4.79 Å². The number of piperidine rings is 1. The van der Waals surface area contributed by atoms with Gasteiger partial charge in [-0.1, -0.05) is 18.2 Å². The molecule has 1 aromatic heterocycles. The fraction of sp³-hybridized carbons (Fsp3) is 0.524. The lowest BCUT2D eigenvalue weighted by Gasteiger charge is -2.40. The Morgan fingerprint density at radius 1 is 1.32 bits per heavy atom. The standard InChI is InChI=1S/C21H27N5O2/c22-8-5-15-12-25(19-4-2-1-3-17(15)19)20(27)18-11-16-13-28-21(14-26(16)24-18)6-9-23-10-7-21/h1-4,11,15,23H,5-10,12-14,22H2. The van der Waals surface area contributed by atoms with Gasteiger partial charge < -0.3 is 20.7 Å². The van der Waals surface area contributed by atoms with Gasteiger partial charge in [0.25, 0.3) is 5.91 Å². The molecule has 1 saturated heterocycles. The van der Waals surface area contributed by atoms with Gasteiger partial charge >= 0.3 is 0 Å². The molecular weight excluding hydrogens is 354 g/mol. The molecule has 4 heterocycles. The number of nitrogens with two attached hydrogens (primary N) is 1. The van der Waals surface area contributed by atoms with Gasteiger partial charge in [0.2, 0.25) is 0 Å². The zero-order valence-corrected chi connectivity index (χ0v) is 16.1. The third-order valence-corrected chi connectivity index (χ3v) is 6.39. The highest BCUT2D eigenvalue weighted by molar-refractivity contribution is 6.06. The highest BCUT2D eigenvalue weighted by Gasteiger charge is 2.39. The van der Waals surface area contributed by atoms with Crippen LogP contribution in [0, 0.1) is 0 Å². The molecule has 28 heavy (non-hydrogen) atoms. The first-order chi connectivity index (χ1) is 13.7. The van der Waals surface area contributed by atoms with Crippen molar-refractivity contribution in [1.82, 2.24) is 15.1 Å². The van der Waals surface area contributed by atoms with E-state index in [2.05, 4.69) is 16.5 Å². The van der Waals surface area contributed by atoms with E-state index in [1.54, 1.807) is 0 Å². The van der Waals surface area contributed by atoms with Crippen molar-refractivity contribution in [2.45, 2.75) is 43.9 Å². The predicted octanol–water partition coefficient (Wildman–Crippen LogP) is 1.63. The molecule has 1 atom stereocenters. The molecule has 7 heteroatoms. The molecule has 1 unspecified atom stereocenters. The first-order valence-electron chi connectivity index (χ1n) is 10.2. The van der Waals surface area contributed by atoms with Crippen molar-refractivity contribution in [2.75, 3.05) is 31.1 Å². The largest absolute Gasteiger partial charge is 0.367 e. The van der Waals surface area contributed by atoms with E-state index in [0.29, 0.717) is 31.3 Å². The Morgan fingerprint density at radius 2 is 2.14 bits per heavy atom. The average Bonchev–Trinajstić information content (AvgIpc) is 3.30. The Labute approximate surface area is 164 Å². The van der Waals surface area contributed by atoms with Gasteiger partial charge in [-0.3, -0.25) is 9.48 Å². The number of aromatic nitrogens is 2. The van der Waals surface area contributed by atoms with Gasteiger partial charge in [0.05, 0.1) is 24.4 Å². The average molecular weight is 381 g/mol. The second-order valence-electron chi connectivity index (χ2n) is 8.15. The Kier molecular flexibility index (Phi) is 4.45. The van der Waals surface area contributed by atoms with Crippen LogP contribution in [0.2, 0.25) is 0 Å². The maximum Gasteiger partial charge on any atom is 0.278 e. The number of para-hydroxylation sites is 1. The molecule has 1 spiro atoms. The number of amides is 1. The predicted molar refractivity (Wildman–Crippen MR) is 106 cm³/mol. The molecule has 3 aliphatic rings. The Bertz CT molecular complexity index is 887. The molecule has 0 bridgehead atoms. The number of carbonyl (C=O) groups excluding carboxylic acids is 1. The number of hydrogen-bond acceptors (Lipinski definition) is 5. The number of benzene rings is 1. The number of nitrogens with one attached hydrogen (secondary N) is 1. The summed E-state index contributed by atoms with van der Waals surface area (Å²) < 4.78 is 8.20.